The fourth-order valence-corrected chi connectivity index (χ4v) is 2.73. The smallest absolute Gasteiger partial charge is 0.188 e. The van der Waals surface area contributed by atoms with Gasteiger partial charge in [-0.2, -0.15) is 11.8 Å². The van der Waals surface area contributed by atoms with E-state index in [0.717, 1.165) is 6.54 Å². The Morgan fingerprint density at radius 1 is 1.24 bits per heavy atom. The lowest BCUT2D eigenvalue weighted by atomic mass is 10.2. The molecule has 0 heterocycles. The highest BCUT2D eigenvalue weighted by atomic mass is 32.2. The maximum absolute atomic E-state index is 5.85. The summed E-state index contributed by atoms with van der Waals surface area (Å²) in [5.41, 5.74) is 5.85. The number of nitrogens with two attached hydrogens (primary N) is 1. The van der Waals surface area contributed by atoms with Crippen LogP contribution in [0.1, 0.15) is 51.4 Å². The first-order valence-electron chi connectivity index (χ1n) is 6.88. The largest absolute Gasteiger partial charge is 0.370 e. The van der Waals surface area contributed by atoms with Gasteiger partial charge in [-0.05, 0) is 37.7 Å². The zero-order chi connectivity index (χ0) is 12.3. The third-order valence-electron chi connectivity index (χ3n) is 3.25. The second-order valence-electron chi connectivity index (χ2n) is 4.80. The van der Waals surface area contributed by atoms with Gasteiger partial charge in [0.05, 0.1) is 0 Å². The van der Waals surface area contributed by atoms with Crippen LogP contribution >= 0.6 is 11.8 Å². The highest BCUT2D eigenvalue weighted by molar-refractivity contribution is 7.98. The van der Waals surface area contributed by atoms with Crippen molar-refractivity contribution < 1.29 is 0 Å². The fourth-order valence-electron chi connectivity index (χ4n) is 2.24. The van der Waals surface area contributed by atoms with Crippen LogP contribution in [0.25, 0.3) is 0 Å². The van der Waals surface area contributed by atoms with Crippen LogP contribution in [-0.4, -0.2) is 30.6 Å². The van der Waals surface area contributed by atoms with Gasteiger partial charge in [0.2, 0.25) is 0 Å². The third-order valence-corrected chi connectivity index (χ3v) is 3.94. The molecule has 17 heavy (non-hydrogen) atoms. The molecule has 0 radical (unpaired) electrons. The number of hydrogen-bond acceptors (Lipinski definition) is 2. The number of hydrogen-bond donors (Lipinski definition) is 2. The van der Waals surface area contributed by atoms with Crippen molar-refractivity contribution in [2.24, 2.45) is 10.7 Å². The first-order chi connectivity index (χ1) is 8.33. The summed E-state index contributed by atoms with van der Waals surface area (Å²) in [6.45, 7) is 0.880. The van der Waals surface area contributed by atoms with E-state index in [2.05, 4.69) is 16.6 Å². The lowest BCUT2D eigenvalue weighted by Crippen LogP contribution is -2.38. The molecule has 0 saturated heterocycles. The molecule has 0 aromatic rings. The Morgan fingerprint density at radius 2 is 1.94 bits per heavy atom. The second-order valence-corrected chi connectivity index (χ2v) is 5.79. The molecule has 0 unspecified atom stereocenters. The molecule has 100 valence electrons. The molecule has 4 heteroatoms. The Kier molecular flexibility index (Phi) is 8.32. The highest BCUT2D eigenvalue weighted by Crippen LogP contribution is 2.17. The van der Waals surface area contributed by atoms with Gasteiger partial charge in [-0.25, -0.2) is 0 Å². The summed E-state index contributed by atoms with van der Waals surface area (Å²) < 4.78 is 0. The molecule has 0 amide bonds. The second kappa shape index (κ2) is 9.63. The van der Waals surface area contributed by atoms with Crippen LogP contribution in [-0.2, 0) is 0 Å². The summed E-state index contributed by atoms with van der Waals surface area (Å²) in [5.74, 6) is 1.94. The van der Waals surface area contributed by atoms with E-state index < -0.39 is 0 Å². The van der Waals surface area contributed by atoms with Crippen molar-refractivity contribution in [3.05, 3.63) is 0 Å². The van der Waals surface area contributed by atoms with Gasteiger partial charge in [-0.1, -0.05) is 25.7 Å². The van der Waals surface area contributed by atoms with Gasteiger partial charge >= 0.3 is 0 Å². The molecule has 1 saturated carbocycles. The predicted molar refractivity (Wildman–Crippen MR) is 78.7 cm³/mol. The monoisotopic (exact) mass is 257 g/mol. The molecule has 0 atom stereocenters. The molecule has 1 rings (SSSR count). The normalized spacial score (nSPS) is 17.6. The third kappa shape index (κ3) is 7.53. The van der Waals surface area contributed by atoms with E-state index in [1.54, 1.807) is 0 Å². The number of guanidine groups is 1. The SMILES string of the molecule is CSCCCCCCN=C(N)NC1CCCC1. The van der Waals surface area contributed by atoms with Crippen molar-refractivity contribution in [3.8, 4) is 0 Å². The molecule has 0 aromatic heterocycles. The van der Waals surface area contributed by atoms with Crippen LogP contribution in [0.5, 0.6) is 0 Å². The lowest BCUT2D eigenvalue weighted by Gasteiger charge is -2.12. The fraction of sp³-hybridized carbons (Fsp3) is 0.923. The average molecular weight is 257 g/mol. The van der Waals surface area contributed by atoms with Gasteiger partial charge in [0.15, 0.2) is 5.96 Å². The Hall–Kier alpha value is -0.380. The molecule has 1 aliphatic carbocycles. The zero-order valence-corrected chi connectivity index (χ0v) is 11.9. The number of thioether (sulfide) groups is 1. The highest BCUT2D eigenvalue weighted by Gasteiger charge is 2.14. The summed E-state index contributed by atoms with van der Waals surface area (Å²) in [6.07, 6.45) is 12.4. The Balaban J connectivity index is 1.95. The van der Waals surface area contributed by atoms with E-state index in [-0.39, 0.29) is 0 Å². The van der Waals surface area contributed by atoms with E-state index in [1.165, 1.54) is 57.1 Å². The molecule has 0 bridgehead atoms. The van der Waals surface area contributed by atoms with E-state index >= 15 is 0 Å². The molecule has 0 aromatic carbocycles. The van der Waals surface area contributed by atoms with Crippen molar-refractivity contribution in [1.82, 2.24) is 5.32 Å². The molecular weight excluding hydrogens is 230 g/mol. The zero-order valence-electron chi connectivity index (χ0n) is 11.1. The maximum Gasteiger partial charge on any atom is 0.188 e. The summed E-state index contributed by atoms with van der Waals surface area (Å²) in [4.78, 5) is 4.38. The molecule has 0 aliphatic heterocycles. The minimum atomic E-state index is 0.584. The van der Waals surface area contributed by atoms with Gasteiger partial charge in [0, 0.05) is 12.6 Å². The number of nitrogens with one attached hydrogen (secondary N) is 1. The summed E-state index contributed by atoms with van der Waals surface area (Å²) in [7, 11) is 0. The van der Waals surface area contributed by atoms with Gasteiger partial charge in [-0.3, -0.25) is 4.99 Å². The molecule has 3 nitrogen and oxygen atoms in total. The van der Waals surface area contributed by atoms with Crippen LogP contribution in [0.15, 0.2) is 4.99 Å². The van der Waals surface area contributed by atoms with Crippen LogP contribution in [0.2, 0.25) is 0 Å². The van der Waals surface area contributed by atoms with E-state index in [4.69, 9.17) is 5.73 Å². The Morgan fingerprint density at radius 3 is 2.65 bits per heavy atom. The molecule has 3 N–H and O–H groups in total. The number of nitrogens with zero attached hydrogens (tertiary/aromatic N) is 1. The van der Waals surface area contributed by atoms with Crippen molar-refractivity contribution in [2.75, 3.05) is 18.6 Å². The first kappa shape index (κ1) is 14.7. The molecule has 0 spiro atoms. The van der Waals surface area contributed by atoms with Crippen LogP contribution in [0, 0.1) is 0 Å². The minimum absolute atomic E-state index is 0.584. The van der Waals surface area contributed by atoms with E-state index in [1.807, 2.05) is 11.8 Å². The number of aliphatic imine (C=N–C) groups is 1. The van der Waals surface area contributed by atoms with Crippen molar-refractivity contribution in [3.63, 3.8) is 0 Å². The van der Waals surface area contributed by atoms with Gasteiger partial charge < -0.3 is 11.1 Å². The molecule has 1 aliphatic rings. The predicted octanol–water partition coefficient (Wildman–Crippen LogP) is 2.76. The number of rotatable bonds is 8. The summed E-state index contributed by atoms with van der Waals surface area (Å²) in [5, 5.41) is 3.31. The van der Waals surface area contributed by atoms with Crippen LogP contribution < -0.4 is 11.1 Å². The Bertz CT molecular complexity index is 213. The van der Waals surface area contributed by atoms with E-state index in [0.29, 0.717) is 12.0 Å². The van der Waals surface area contributed by atoms with Crippen LogP contribution in [0.4, 0.5) is 0 Å². The summed E-state index contributed by atoms with van der Waals surface area (Å²) in [6, 6.07) is 0.584. The van der Waals surface area contributed by atoms with Crippen LogP contribution in [0.3, 0.4) is 0 Å². The minimum Gasteiger partial charge on any atom is -0.370 e. The average Bonchev–Trinajstić information content (AvgIpc) is 2.80. The van der Waals surface area contributed by atoms with Crippen molar-refractivity contribution >= 4 is 17.7 Å². The quantitative estimate of drug-likeness (QED) is 0.399. The van der Waals surface area contributed by atoms with Gasteiger partial charge in [0.1, 0.15) is 0 Å². The Labute approximate surface area is 110 Å². The standard InChI is InChI=1S/C13H27N3S/c1-17-11-7-3-2-6-10-15-13(14)16-12-8-4-5-9-12/h12H,2-11H2,1H3,(H3,14,15,16). The maximum atomic E-state index is 5.85. The molecule has 1 fully saturated rings. The lowest BCUT2D eigenvalue weighted by molar-refractivity contribution is 0.622. The summed E-state index contributed by atoms with van der Waals surface area (Å²) >= 11 is 1.93. The van der Waals surface area contributed by atoms with Crippen molar-refractivity contribution in [2.45, 2.75) is 57.4 Å². The first-order valence-corrected chi connectivity index (χ1v) is 8.27. The van der Waals surface area contributed by atoms with Gasteiger partial charge in [0.25, 0.3) is 0 Å². The number of unbranched alkanes of at least 4 members (excludes halogenated alkanes) is 3. The molecular formula is C13H27N3S. The van der Waals surface area contributed by atoms with Crippen molar-refractivity contribution in [1.29, 1.82) is 0 Å². The van der Waals surface area contributed by atoms with E-state index in [9.17, 15) is 0 Å². The van der Waals surface area contributed by atoms with Gasteiger partial charge in [-0.15, -0.1) is 0 Å². The topological polar surface area (TPSA) is 50.4 Å².